The van der Waals surface area contributed by atoms with Crippen molar-refractivity contribution in [2.75, 3.05) is 35.2 Å². The number of benzene rings is 1. The zero-order chi connectivity index (χ0) is 21.6. The molecule has 3 aromatic rings. The lowest BCUT2D eigenvalue weighted by Crippen LogP contribution is -2.27. The van der Waals surface area contributed by atoms with Crippen molar-refractivity contribution >= 4 is 33.5 Å². The summed E-state index contributed by atoms with van der Waals surface area (Å²) in [5, 5.41) is 23.0. The lowest BCUT2D eigenvalue weighted by Gasteiger charge is -2.16. The van der Waals surface area contributed by atoms with Crippen LogP contribution in [0.3, 0.4) is 0 Å². The average molecular weight is 444 g/mol. The van der Waals surface area contributed by atoms with Gasteiger partial charge < -0.3 is 15.0 Å². The summed E-state index contributed by atoms with van der Waals surface area (Å²) >= 11 is 1.24. The van der Waals surface area contributed by atoms with E-state index >= 15 is 0 Å². The molecule has 31 heavy (non-hydrogen) atoms. The standard InChI is InChI=1S/C19H21FN8O2S/c1-2-30-15(12-3-5-13(20)6-4-12)16(29)24-19-27-26-18(31-19)23-14-7-10-28(11-14)17-21-8-9-22-25-17/h3-6,8-9,14-15H,2,7,10-11H2,1H3,(H,23,26)(H,24,27,29)/t14-,15-/m1/s1. The maximum atomic E-state index is 13.2. The van der Waals surface area contributed by atoms with Gasteiger partial charge in [-0.1, -0.05) is 23.5 Å². The van der Waals surface area contributed by atoms with Gasteiger partial charge in [0.15, 0.2) is 6.10 Å². The number of ether oxygens (including phenoxy) is 1. The predicted octanol–water partition coefficient (Wildman–Crippen LogP) is 2.27. The molecule has 1 aliphatic rings. The molecule has 3 heterocycles. The molecular weight excluding hydrogens is 423 g/mol. The highest BCUT2D eigenvalue weighted by molar-refractivity contribution is 7.19. The summed E-state index contributed by atoms with van der Waals surface area (Å²) in [4.78, 5) is 19.0. The van der Waals surface area contributed by atoms with Crippen molar-refractivity contribution in [1.82, 2.24) is 25.4 Å². The van der Waals surface area contributed by atoms with Gasteiger partial charge in [-0.2, -0.15) is 5.10 Å². The van der Waals surface area contributed by atoms with Gasteiger partial charge in [0.05, 0.1) is 12.4 Å². The van der Waals surface area contributed by atoms with Crippen molar-refractivity contribution in [2.45, 2.75) is 25.5 Å². The van der Waals surface area contributed by atoms with Gasteiger partial charge in [0.25, 0.3) is 5.91 Å². The fraction of sp³-hybridized carbons (Fsp3) is 0.368. The number of nitrogens with one attached hydrogen (secondary N) is 2. The van der Waals surface area contributed by atoms with E-state index in [0.717, 1.165) is 13.0 Å². The molecule has 162 valence electrons. The van der Waals surface area contributed by atoms with E-state index in [1.54, 1.807) is 19.3 Å². The average Bonchev–Trinajstić information content (AvgIpc) is 3.43. The first-order chi connectivity index (χ1) is 15.1. The topological polar surface area (TPSA) is 118 Å². The Morgan fingerprint density at radius 1 is 1.26 bits per heavy atom. The van der Waals surface area contributed by atoms with E-state index in [1.807, 2.05) is 4.90 Å². The Bertz CT molecular complexity index is 1000. The van der Waals surface area contributed by atoms with E-state index in [4.69, 9.17) is 4.74 Å². The predicted molar refractivity (Wildman–Crippen MR) is 113 cm³/mol. The number of aromatic nitrogens is 5. The van der Waals surface area contributed by atoms with Crippen LogP contribution in [-0.4, -0.2) is 57.0 Å². The second kappa shape index (κ2) is 9.71. The Kier molecular flexibility index (Phi) is 6.57. The summed E-state index contributed by atoms with van der Waals surface area (Å²) in [6.07, 6.45) is 3.17. The van der Waals surface area contributed by atoms with Crippen molar-refractivity contribution in [1.29, 1.82) is 0 Å². The van der Waals surface area contributed by atoms with Crippen molar-refractivity contribution in [3.05, 3.63) is 48.0 Å². The molecule has 0 spiro atoms. The minimum absolute atomic E-state index is 0.149. The second-order valence-electron chi connectivity index (χ2n) is 6.81. The van der Waals surface area contributed by atoms with Gasteiger partial charge in [0.2, 0.25) is 16.2 Å². The van der Waals surface area contributed by atoms with Crippen LogP contribution in [0, 0.1) is 5.82 Å². The molecule has 1 fully saturated rings. The third kappa shape index (κ3) is 5.27. The van der Waals surface area contributed by atoms with E-state index in [-0.39, 0.29) is 11.9 Å². The first-order valence-electron chi connectivity index (χ1n) is 9.79. The Labute approximate surface area is 181 Å². The number of hydrogen-bond acceptors (Lipinski definition) is 10. The Hall–Kier alpha value is -3.25. The molecule has 1 saturated heterocycles. The third-order valence-corrected chi connectivity index (χ3v) is 5.44. The molecule has 12 heteroatoms. The number of nitrogens with zero attached hydrogens (tertiary/aromatic N) is 6. The fourth-order valence-corrected chi connectivity index (χ4v) is 3.97. The van der Waals surface area contributed by atoms with E-state index < -0.39 is 12.0 Å². The van der Waals surface area contributed by atoms with Crippen LogP contribution in [0.1, 0.15) is 25.0 Å². The highest BCUT2D eigenvalue weighted by atomic mass is 32.1. The number of carbonyl (C=O) groups excluding carboxylic acids is 1. The van der Waals surface area contributed by atoms with Gasteiger partial charge in [-0.25, -0.2) is 9.37 Å². The fourth-order valence-electron chi connectivity index (χ4n) is 3.25. The summed E-state index contributed by atoms with van der Waals surface area (Å²) in [5.41, 5.74) is 0.562. The van der Waals surface area contributed by atoms with Gasteiger partial charge in [-0.3, -0.25) is 10.1 Å². The zero-order valence-electron chi connectivity index (χ0n) is 16.7. The molecule has 4 rings (SSSR count). The number of halogens is 1. The van der Waals surface area contributed by atoms with Gasteiger partial charge >= 0.3 is 0 Å². The van der Waals surface area contributed by atoms with Crippen LogP contribution >= 0.6 is 11.3 Å². The van der Waals surface area contributed by atoms with Crippen LogP contribution in [0.15, 0.2) is 36.7 Å². The smallest absolute Gasteiger partial charge is 0.259 e. The Morgan fingerprint density at radius 2 is 2.06 bits per heavy atom. The Morgan fingerprint density at radius 3 is 2.81 bits per heavy atom. The third-order valence-electron chi connectivity index (χ3n) is 4.67. The lowest BCUT2D eigenvalue weighted by atomic mass is 10.1. The monoisotopic (exact) mass is 444 g/mol. The molecule has 10 nitrogen and oxygen atoms in total. The van der Waals surface area contributed by atoms with Crippen LogP contribution in [0.4, 0.5) is 20.6 Å². The highest BCUT2D eigenvalue weighted by Gasteiger charge is 2.26. The van der Waals surface area contributed by atoms with Crippen LogP contribution in [0.2, 0.25) is 0 Å². The SMILES string of the molecule is CCO[C@@H](C(=O)Nc1nnc(N[C@@H]2CCN(c3nccnn3)C2)s1)c1ccc(F)cc1. The van der Waals surface area contributed by atoms with Gasteiger partial charge in [0, 0.05) is 25.7 Å². The molecule has 0 bridgehead atoms. The molecule has 0 aliphatic carbocycles. The molecule has 0 radical (unpaired) electrons. The van der Waals surface area contributed by atoms with E-state index in [0.29, 0.717) is 34.9 Å². The molecule has 1 aliphatic heterocycles. The minimum atomic E-state index is -0.867. The zero-order valence-corrected chi connectivity index (χ0v) is 17.5. The number of amides is 1. The largest absolute Gasteiger partial charge is 0.364 e. The number of carbonyl (C=O) groups is 1. The minimum Gasteiger partial charge on any atom is -0.364 e. The van der Waals surface area contributed by atoms with E-state index in [2.05, 4.69) is 36.0 Å². The molecule has 2 N–H and O–H groups in total. The molecular formula is C19H21FN8O2S. The molecule has 2 aromatic heterocycles. The number of anilines is 3. The molecule has 1 aromatic carbocycles. The van der Waals surface area contributed by atoms with Gasteiger partial charge in [0.1, 0.15) is 5.82 Å². The van der Waals surface area contributed by atoms with Crippen molar-refractivity contribution < 1.29 is 13.9 Å². The summed E-state index contributed by atoms with van der Waals surface area (Å²) in [7, 11) is 0. The summed E-state index contributed by atoms with van der Waals surface area (Å²) in [6, 6.07) is 5.79. The number of hydrogen-bond donors (Lipinski definition) is 2. The van der Waals surface area contributed by atoms with Gasteiger partial charge in [-0.05, 0) is 31.0 Å². The van der Waals surface area contributed by atoms with Crippen LogP contribution in [0.25, 0.3) is 0 Å². The molecule has 0 saturated carbocycles. The van der Waals surface area contributed by atoms with Crippen molar-refractivity contribution in [3.63, 3.8) is 0 Å². The van der Waals surface area contributed by atoms with Crippen LogP contribution in [-0.2, 0) is 9.53 Å². The first kappa shape index (κ1) is 21.0. The summed E-state index contributed by atoms with van der Waals surface area (Å²) in [6.45, 7) is 3.64. The van der Waals surface area contributed by atoms with Crippen molar-refractivity contribution in [3.8, 4) is 0 Å². The molecule has 1 amide bonds. The maximum Gasteiger partial charge on any atom is 0.259 e. The maximum absolute atomic E-state index is 13.2. The van der Waals surface area contributed by atoms with Crippen LogP contribution < -0.4 is 15.5 Å². The summed E-state index contributed by atoms with van der Waals surface area (Å²) < 4.78 is 18.8. The lowest BCUT2D eigenvalue weighted by molar-refractivity contribution is -0.127. The summed E-state index contributed by atoms with van der Waals surface area (Å²) in [5.74, 6) is -0.170. The molecule has 0 unspecified atom stereocenters. The first-order valence-corrected chi connectivity index (χ1v) is 10.6. The Balaban J connectivity index is 1.35. The van der Waals surface area contributed by atoms with Crippen molar-refractivity contribution in [2.24, 2.45) is 0 Å². The quantitative estimate of drug-likeness (QED) is 0.539. The second-order valence-corrected chi connectivity index (χ2v) is 7.78. The van der Waals surface area contributed by atoms with Gasteiger partial charge in [-0.15, -0.1) is 15.3 Å². The highest BCUT2D eigenvalue weighted by Crippen LogP contribution is 2.26. The molecule has 2 atom stereocenters. The van der Waals surface area contributed by atoms with Crippen LogP contribution in [0.5, 0.6) is 0 Å². The number of rotatable bonds is 8. The normalized spacial score (nSPS) is 16.8. The van der Waals surface area contributed by atoms with E-state index in [9.17, 15) is 9.18 Å². The van der Waals surface area contributed by atoms with E-state index in [1.165, 1.54) is 35.6 Å².